The van der Waals surface area contributed by atoms with Crippen LogP contribution >= 0.6 is 23.1 Å². The Morgan fingerprint density at radius 2 is 2.00 bits per heavy atom. The number of amides is 1. The van der Waals surface area contributed by atoms with Crippen LogP contribution in [0.5, 0.6) is 5.75 Å². The highest BCUT2D eigenvalue weighted by Crippen LogP contribution is 2.33. The molecule has 8 heteroatoms. The zero-order chi connectivity index (χ0) is 19.2. The fourth-order valence-corrected chi connectivity index (χ4v) is 4.25. The molecule has 0 aliphatic heterocycles. The quantitative estimate of drug-likeness (QED) is 0.559. The molecule has 0 spiro atoms. The summed E-state index contributed by atoms with van der Waals surface area (Å²) >= 11 is 2.77. The molecule has 0 radical (unpaired) electrons. The molecule has 2 N–H and O–H groups in total. The van der Waals surface area contributed by atoms with Crippen molar-refractivity contribution in [3.63, 3.8) is 0 Å². The van der Waals surface area contributed by atoms with E-state index in [1.165, 1.54) is 23.1 Å². The monoisotopic (exact) mass is 400 g/mol. The van der Waals surface area contributed by atoms with E-state index in [1.807, 2.05) is 62.4 Å². The van der Waals surface area contributed by atoms with Gasteiger partial charge in [-0.2, -0.15) is 0 Å². The van der Waals surface area contributed by atoms with Crippen LogP contribution in [0.25, 0.3) is 0 Å². The second kappa shape index (κ2) is 8.88. The van der Waals surface area contributed by atoms with Gasteiger partial charge in [-0.25, -0.2) is 0 Å². The largest absolute Gasteiger partial charge is 0.495 e. The summed E-state index contributed by atoms with van der Waals surface area (Å²) in [4.78, 5) is 12.4. The topological polar surface area (TPSA) is 76.1 Å². The second-order valence-corrected chi connectivity index (χ2v) is 8.38. The van der Waals surface area contributed by atoms with Crippen molar-refractivity contribution in [3.8, 4) is 5.75 Å². The number of aromatic nitrogens is 2. The number of aryl methyl sites for hydroxylation is 1. The molecule has 3 aromatic rings. The number of carbonyl (C=O) groups is 1. The van der Waals surface area contributed by atoms with Gasteiger partial charge < -0.3 is 15.4 Å². The first-order valence-corrected chi connectivity index (χ1v) is 10.0. The standard InChI is InChI=1S/C19H20N4O2S2/c1-12-7-6-8-14(11-12)20-17(24)13(2)26-19-23-22-18(27-19)21-15-9-4-5-10-16(15)25-3/h4-11,13H,1-3H3,(H,20,24)(H,21,22)/t13-/m1/s1. The van der Waals surface area contributed by atoms with Gasteiger partial charge in [-0.3, -0.25) is 4.79 Å². The smallest absolute Gasteiger partial charge is 0.237 e. The summed E-state index contributed by atoms with van der Waals surface area (Å²) in [7, 11) is 1.62. The van der Waals surface area contributed by atoms with Gasteiger partial charge in [-0.15, -0.1) is 10.2 Å². The van der Waals surface area contributed by atoms with Crippen LogP contribution in [0.15, 0.2) is 52.9 Å². The normalized spacial score (nSPS) is 11.7. The van der Waals surface area contributed by atoms with E-state index in [-0.39, 0.29) is 11.2 Å². The molecule has 0 aliphatic rings. The van der Waals surface area contributed by atoms with Crippen molar-refractivity contribution in [1.29, 1.82) is 0 Å². The lowest BCUT2D eigenvalue weighted by atomic mass is 10.2. The van der Waals surface area contributed by atoms with Gasteiger partial charge in [0.15, 0.2) is 4.34 Å². The number of benzene rings is 2. The maximum absolute atomic E-state index is 12.4. The summed E-state index contributed by atoms with van der Waals surface area (Å²) in [6, 6.07) is 15.3. The molecule has 0 saturated carbocycles. The molecule has 1 aromatic heterocycles. The van der Waals surface area contributed by atoms with Crippen molar-refractivity contribution in [1.82, 2.24) is 10.2 Å². The highest BCUT2D eigenvalue weighted by atomic mass is 32.2. The van der Waals surface area contributed by atoms with Crippen LogP contribution in [0.2, 0.25) is 0 Å². The van der Waals surface area contributed by atoms with Crippen LogP contribution in [0.3, 0.4) is 0 Å². The van der Waals surface area contributed by atoms with E-state index in [0.29, 0.717) is 5.13 Å². The van der Waals surface area contributed by atoms with E-state index in [4.69, 9.17) is 4.74 Å². The number of rotatable bonds is 7. The van der Waals surface area contributed by atoms with Crippen LogP contribution in [-0.4, -0.2) is 28.5 Å². The van der Waals surface area contributed by atoms with Gasteiger partial charge in [0, 0.05) is 5.69 Å². The molecule has 27 heavy (non-hydrogen) atoms. The van der Waals surface area contributed by atoms with Crippen molar-refractivity contribution in [3.05, 3.63) is 54.1 Å². The lowest BCUT2D eigenvalue weighted by Crippen LogP contribution is -2.22. The SMILES string of the molecule is COc1ccccc1Nc1nnc(S[C@H](C)C(=O)Nc2cccc(C)c2)s1. The minimum Gasteiger partial charge on any atom is -0.495 e. The van der Waals surface area contributed by atoms with Gasteiger partial charge in [-0.1, -0.05) is 47.4 Å². The van der Waals surface area contributed by atoms with E-state index in [9.17, 15) is 4.79 Å². The number of anilines is 3. The first kappa shape index (κ1) is 19.2. The summed E-state index contributed by atoms with van der Waals surface area (Å²) < 4.78 is 6.04. The van der Waals surface area contributed by atoms with Crippen molar-refractivity contribution < 1.29 is 9.53 Å². The maximum atomic E-state index is 12.4. The van der Waals surface area contributed by atoms with Crippen LogP contribution in [0.1, 0.15) is 12.5 Å². The molecule has 0 saturated heterocycles. The minimum atomic E-state index is -0.294. The lowest BCUT2D eigenvalue weighted by Gasteiger charge is -2.10. The summed E-state index contributed by atoms with van der Waals surface area (Å²) in [5, 5.41) is 14.8. The number of para-hydroxylation sites is 2. The van der Waals surface area contributed by atoms with E-state index in [1.54, 1.807) is 7.11 Å². The number of hydrogen-bond acceptors (Lipinski definition) is 7. The van der Waals surface area contributed by atoms with Gasteiger partial charge in [0.25, 0.3) is 0 Å². The fourth-order valence-electron chi connectivity index (χ4n) is 2.34. The van der Waals surface area contributed by atoms with E-state index >= 15 is 0 Å². The van der Waals surface area contributed by atoms with E-state index in [2.05, 4.69) is 20.8 Å². The van der Waals surface area contributed by atoms with Gasteiger partial charge in [0.1, 0.15) is 5.75 Å². The zero-order valence-corrected chi connectivity index (χ0v) is 16.9. The molecule has 6 nitrogen and oxygen atoms in total. The molecule has 0 aliphatic carbocycles. The second-order valence-electron chi connectivity index (χ2n) is 5.82. The number of methoxy groups -OCH3 is 1. The Labute approximate surface area is 166 Å². The zero-order valence-electron chi connectivity index (χ0n) is 15.2. The van der Waals surface area contributed by atoms with Gasteiger partial charge >= 0.3 is 0 Å². The van der Waals surface area contributed by atoms with Crippen molar-refractivity contribution >= 4 is 45.5 Å². The number of nitrogens with one attached hydrogen (secondary N) is 2. The molecule has 140 valence electrons. The molecule has 1 atom stereocenters. The molecule has 0 unspecified atom stereocenters. The first-order chi connectivity index (χ1) is 13.0. The van der Waals surface area contributed by atoms with Crippen LogP contribution in [0, 0.1) is 6.92 Å². The van der Waals surface area contributed by atoms with Crippen molar-refractivity contribution in [2.75, 3.05) is 17.7 Å². The number of ether oxygens (including phenoxy) is 1. The van der Waals surface area contributed by atoms with Gasteiger partial charge in [-0.05, 0) is 43.7 Å². The van der Waals surface area contributed by atoms with E-state index < -0.39 is 0 Å². The average Bonchev–Trinajstić information content (AvgIpc) is 3.09. The number of thioether (sulfide) groups is 1. The Hall–Kier alpha value is -2.58. The third-order valence-corrected chi connectivity index (χ3v) is 5.71. The summed E-state index contributed by atoms with van der Waals surface area (Å²) in [5.41, 5.74) is 2.71. The Morgan fingerprint density at radius 1 is 1.19 bits per heavy atom. The molecule has 1 heterocycles. The third-order valence-electron chi connectivity index (χ3n) is 3.69. The summed E-state index contributed by atoms with van der Waals surface area (Å²) in [6.45, 7) is 3.84. The van der Waals surface area contributed by atoms with Crippen LogP contribution in [0.4, 0.5) is 16.5 Å². The Bertz CT molecular complexity index is 929. The average molecular weight is 401 g/mol. The predicted octanol–water partition coefficient (Wildman–Crippen LogP) is 4.72. The maximum Gasteiger partial charge on any atom is 0.237 e. The van der Waals surface area contributed by atoms with Crippen LogP contribution in [-0.2, 0) is 4.79 Å². The van der Waals surface area contributed by atoms with Gasteiger partial charge in [0.2, 0.25) is 11.0 Å². The molecular weight excluding hydrogens is 380 g/mol. The Balaban J connectivity index is 1.60. The predicted molar refractivity (Wildman–Crippen MR) is 111 cm³/mol. The fraction of sp³-hybridized carbons (Fsp3) is 0.211. The summed E-state index contributed by atoms with van der Waals surface area (Å²) in [6.07, 6.45) is 0. The number of carbonyl (C=O) groups excluding carboxylic acids is 1. The molecule has 0 bridgehead atoms. The Kier molecular flexibility index (Phi) is 6.31. The highest BCUT2D eigenvalue weighted by Gasteiger charge is 2.18. The van der Waals surface area contributed by atoms with Crippen molar-refractivity contribution in [2.45, 2.75) is 23.4 Å². The first-order valence-electron chi connectivity index (χ1n) is 8.33. The molecule has 2 aromatic carbocycles. The highest BCUT2D eigenvalue weighted by molar-refractivity contribution is 8.02. The lowest BCUT2D eigenvalue weighted by molar-refractivity contribution is -0.115. The van der Waals surface area contributed by atoms with Crippen LogP contribution < -0.4 is 15.4 Å². The number of nitrogens with zero attached hydrogens (tertiary/aromatic N) is 2. The molecule has 0 fully saturated rings. The molecule has 1 amide bonds. The number of hydrogen-bond donors (Lipinski definition) is 2. The van der Waals surface area contributed by atoms with E-state index in [0.717, 1.165) is 27.0 Å². The third kappa shape index (κ3) is 5.21. The summed E-state index contributed by atoms with van der Waals surface area (Å²) in [5.74, 6) is 0.660. The van der Waals surface area contributed by atoms with Crippen molar-refractivity contribution in [2.24, 2.45) is 0 Å². The molecule has 3 rings (SSSR count). The van der Waals surface area contributed by atoms with Gasteiger partial charge in [0.05, 0.1) is 18.0 Å². The Morgan fingerprint density at radius 3 is 2.78 bits per heavy atom. The minimum absolute atomic E-state index is 0.0694. The molecular formula is C19H20N4O2S2.